The van der Waals surface area contributed by atoms with Crippen molar-refractivity contribution in [3.63, 3.8) is 0 Å². The Morgan fingerprint density at radius 3 is 1.44 bits per heavy atom. The molecule has 0 aromatic carbocycles. The third-order valence-corrected chi connectivity index (χ3v) is 8.43. The molecule has 0 bridgehead atoms. The Bertz CT molecular complexity index is 201. The van der Waals surface area contributed by atoms with Crippen molar-refractivity contribution in [3.05, 3.63) is 25.3 Å². The summed E-state index contributed by atoms with van der Waals surface area (Å²) in [5.41, 5.74) is 0. The second kappa shape index (κ2) is 15.1. The number of hydrogen-bond acceptors (Lipinski definition) is 1. The quantitative estimate of drug-likeness (QED) is 0.222. The maximum absolute atomic E-state index is 11.9. The molecule has 0 aliphatic heterocycles. The average Bonchev–Trinajstić information content (AvgIpc) is 2.38. The summed E-state index contributed by atoms with van der Waals surface area (Å²) in [6, 6.07) is 0. The van der Waals surface area contributed by atoms with Crippen LogP contribution < -0.4 is 0 Å². The molecule has 104 valence electrons. The van der Waals surface area contributed by atoms with E-state index in [1.54, 1.807) is 0 Å². The molecule has 0 aromatic rings. The molecule has 0 atom stereocenters. The zero-order valence-corrected chi connectivity index (χ0v) is 14.8. The van der Waals surface area contributed by atoms with Crippen molar-refractivity contribution in [1.29, 1.82) is 0 Å². The van der Waals surface area contributed by atoms with Gasteiger partial charge in [-0.3, -0.25) is 0 Å². The van der Waals surface area contributed by atoms with Crippen LogP contribution in [0.1, 0.15) is 64.2 Å². The second-order valence-electron chi connectivity index (χ2n) is 5.02. The first-order chi connectivity index (χ1) is 8.81. The third-order valence-electron chi connectivity index (χ3n) is 3.23. The molecule has 0 unspecified atom stereocenters. The van der Waals surface area contributed by atoms with E-state index in [4.69, 9.17) is 0 Å². The Morgan fingerprint density at radius 1 is 0.667 bits per heavy atom. The average molecular weight is 357 g/mol. The number of hydrogen-bond donors (Lipinski definition) is 0. The van der Waals surface area contributed by atoms with Crippen molar-refractivity contribution in [3.8, 4) is 0 Å². The summed E-state index contributed by atoms with van der Waals surface area (Å²) in [7, 11) is 0. The minimum absolute atomic E-state index is 1.07. The summed E-state index contributed by atoms with van der Waals surface area (Å²) in [6.45, 7) is 7.44. The molecule has 0 aliphatic rings. The van der Waals surface area contributed by atoms with Gasteiger partial charge in [0.05, 0.1) is 0 Å². The molecule has 18 heavy (non-hydrogen) atoms. The van der Waals surface area contributed by atoms with Gasteiger partial charge in [-0.05, 0) is 0 Å². The Kier molecular flexibility index (Phi) is 15.2. The molecule has 1 nitrogen and oxygen atoms in total. The molecule has 0 amide bonds. The van der Waals surface area contributed by atoms with E-state index in [9.17, 15) is 3.08 Å². The summed E-state index contributed by atoms with van der Waals surface area (Å²) < 4.78 is 14.0. The van der Waals surface area contributed by atoms with Gasteiger partial charge in [-0.25, -0.2) is 0 Å². The predicted octanol–water partition coefficient (Wildman–Crippen LogP) is 5.68. The number of allylic oxidation sites excluding steroid dienone is 2. The van der Waals surface area contributed by atoms with Crippen molar-refractivity contribution in [2.45, 2.75) is 73.1 Å². The Labute approximate surface area is 121 Å². The molecular formula is C16H30OSn. The van der Waals surface area contributed by atoms with Gasteiger partial charge in [0.2, 0.25) is 0 Å². The SMILES string of the molecule is C=CCCCCC[CH2][Sn](=[O])[CH2]CCCCCC=C. The summed E-state index contributed by atoms with van der Waals surface area (Å²) in [5, 5.41) is 0. The molecular weight excluding hydrogens is 327 g/mol. The van der Waals surface area contributed by atoms with E-state index in [1.807, 2.05) is 12.2 Å². The Balaban J connectivity index is 3.17. The molecule has 2 heteroatoms. The number of unbranched alkanes of at least 4 members (excludes halogenated alkanes) is 8. The zero-order chi connectivity index (χ0) is 13.5. The zero-order valence-electron chi connectivity index (χ0n) is 12.0. The molecule has 0 aliphatic carbocycles. The molecule has 0 saturated heterocycles. The van der Waals surface area contributed by atoms with Crippen LogP contribution in [0.5, 0.6) is 0 Å². The van der Waals surface area contributed by atoms with Gasteiger partial charge in [0.1, 0.15) is 0 Å². The van der Waals surface area contributed by atoms with Gasteiger partial charge in [0.25, 0.3) is 0 Å². The molecule has 0 aromatic heterocycles. The molecule has 0 N–H and O–H groups in total. The molecule has 0 spiro atoms. The monoisotopic (exact) mass is 358 g/mol. The molecule has 0 heterocycles. The van der Waals surface area contributed by atoms with E-state index in [0.717, 1.165) is 21.7 Å². The van der Waals surface area contributed by atoms with Crippen molar-refractivity contribution >= 4 is 19.7 Å². The van der Waals surface area contributed by atoms with Crippen LogP contribution in [0.4, 0.5) is 0 Å². The molecule has 0 rings (SSSR count). The first-order valence-electron chi connectivity index (χ1n) is 7.54. The van der Waals surface area contributed by atoms with Gasteiger partial charge in [-0.1, -0.05) is 0 Å². The molecule has 0 saturated carbocycles. The standard InChI is InChI=1S/2C8H15.O.Sn/c2*1-3-5-7-8-6-4-2;;/h2*3H,1-2,4-8H2;;. The van der Waals surface area contributed by atoms with Gasteiger partial charge >= 0.3 is 121 Å². The van der Waals surface area contributed by atoms with Gasteiger partial charge in [-0.15, -0.1) is 0 Å². The fraction of sp³-hybridized carbons (Fsp3) is 0.750. The van der Waals surface area contributed by atoms with Gasteiger partial charge in [0.15, 0.2) is 0 Å². The van der Waals surface area contributed by atoms with Crippen LogP contribution in [-0.4, -0.2) is 19.7 Å². The fourth-order valence-electron chi connectivity index (χ4n) is 2.05. The van der Waals surface area contributed by atoms with E-state index in [2.05, 4.69) is 13.2 Å². The summed E-state index contributed by atoms with van der Waals surface area (Å²) in [4.78, 5) is 0. The van der Waals surface area contributed by atoms with Crippen molar-refractivity contribution in [1.82, 2.24) is 0 Å². The summed E-state index contributed by atoms with van der Waals surface area (Å²) >= 11 is -2.15. The first kappa shape index (κ1) is 18.1. The fourth-order valence-corrected chi connectivity index (χ4v) is 6.45. The van der Waals surface area contributed by atoms with E-state index >= 15 is 0 Å². The van der Waals surface area contributed by atoms with Crippen LogP contribution in [0.25, 0.3) is 0 Å². The normalized spacial score (nSPS) is 10.2. The van der Waals surface area contributed by atoms with Gasteiger partial charge in [0, 0.05) is 0 Å². The summed E-state index contributed by atoms with van der Waals surface area (Å²) in [5.74, 6) is 0. The van der Waals surface area contributed by atoms with Crippen LogP contribution in [0, 0.1) is 0 Å². The van der Waals surface area contributed by atoms with Gasteiger partial charge < -0.3 is 0 Å². The number of rotatable bonds is 14. The van der Waals surface area contributed by atoms with Crippen molar-refractivity contribution in [2.75, 3.05) is 0 Å². The van der Waals surface area contributed by atoms with Crippen LogP contribution in [0.15, 0.2) is 25.3 Å². The van der Waals surface area contributed by atoms with Crippen LogP contribution in [0.2, 0.25) is 8.87 Å². The Hall–Kier alpha value is 0.0787. The molecule has 0 fully saturated rings. The summed E-state index contributed by atoms with van der Waals surface area (Å²) in [6.07, 6.45) is 16.2. The topological polar surface area (TPSA) is 17.1 Å². The van der Waals surface area contributed by atoms with E-state index < -0.39 is 19.7 Å². The maximum atomic E-state index is 11.9. The van der Waals surface area contributed by atoms with Crippen molar-refractivity contribution in [2.24, 2.45) is 0 Å². The van der Waals surface area contributed by atoms with E-state index in [0.29, 0.717) is 0 Å². The second-order valence-corrected chi connectivity index (χ2v) is 11.0. The molecule has 0 radical (unpaired) electrons. The predicted molar refractivity (Wildman–Crippen MR) is 82.6 cm³/mol. The van der Waals surface area contributed by atoms with Crippen LogP contribution >= 0.6 is 0 Å². The Morgan fingerprint density at radius 2 is 1.06 bits per heavy atom. The van der Waals surface area contributed by atoms with Crippen molar-refractivity contribution < 1.29 is 3.08 Å². The van der Waals surface area contributed by atoms with E-state index in [1.165, 1.54) is 51.4 Å². The van der Waals surface area contributed by atoms with E-state index in [-0.39, 0.29) is 0 Å². The van der Waals surface area contributed by atoms with Gasteiger partial charge in [-0.2, -0.15) is 0 Å². The minimum atomic E-state index is -2.15. The first-order valence-corrected chi connectivity index (χ1v) is 12.7. The third kappa shape index (κ3) is 14.1. The van der Waals surface area contributed by atoms with Crippen LogP contribution in [0.3, 0.4) is 0 Å². The van der Waals surface area contributed by atoms with Crippen LogP contribution in [-0.2, 0) is 3.08 Å².